The number of hydrogen-bond acceptors (Lipinski definition) is 3. The fraction of sp³-hybridized carbons (Fsp3) is 0.273. The predicted molar refractivity (Wildman–Crippen MR) is 106 cm³/mol. The fourth-order valence-electron chi connectivity index (χ4n) is 3.38. The van der Waals surface area contributed by atoms with E-state index in [9.17, 15) is 4.79 Å². The van der Waals surface area contributed by atoms with Crippen molar-refractivity contribution in [2.75, 3.05) is 19.6 Å². The third-order valence-electron chi connectivity index (χ3n) is 4.78. The van der Waals surface area contributed by atoms with E-state index < -0.39 is 0 Å². The smallest absolute Gasteiger partial charge is 0.252 e. The first-order chi connectivity index (χ1) is 12.7. The summed E-state index contributed by atoms with van der Waals surface area (Å²) in [5.41, 5.74) is 2.72. The van der Waals surface area contributed by atoms with Crippen LogP contribution in [0.25, 0.3) is 10.9 Å². The molecular weight excluding hydrogens is 322 g/mol. The minimum absolute atomic E-state index is 0.0586. The number of hydrogen-bond donors (Lipinski definition) is 1. The normalized spacial score (nSPS) is 12.3. The van der Waals surface area contributed by atoms with Gasteiger partial charge in [-0.3, -0.25) is 14.7 Å². The molecule has 1 amide bonds. The SMILES string of the molecule is CCN(CC)[C@H](CNC(=O)c1cccc2ncccc12)c1ccccc1. The van der Waals surface area contributed by atoms with Gasteiger partial charge < -0.3 is 5.32 Å². The highest BCUT2D eigenvalue weighted by molar-refractivity contribution is 6.06. The summed E-state index contributed by atoms with van der Waals surface area (Å²) in [6, 6.07) is 20.0. The first kappa shape index (κ1) is 18.1. The minimum Gasteiger partial charge on any atom is -0.350 e. The van der Waals surface area contributed by atoms with Gasteiger partial charge in [0.15, 0.2) is 0 Å². The van der Waals surface area contributed by atoms with Crippen LogP contribution in [-0.4, -0.2) is 35.4 Å². The average Bonchev–Trinajstić information content (AvgIpc) is 2.71. The number of carbonyl (C=O) groups is 1. The molecule has 3 aromatic rings. The number of nitrogens with zero attached hydrogens (tertiary/aromatic N) is 2. The lowest BCUT2D eigenvalue weighted by atomic mass is 10.0. The Hall–Kier alpha value is -2.72. The molecule has 3 rings (SSSR count). The molecule has 0 aliphatic rings. The van der Waals surface area contributed by atoms with E-state index in [1.54, 1.807) is 6.20 Å². The van der Waals surface area contributed by atoms with Gasteiger partial charge in [0.1, 0.15) is 0 Å². The molecule has 0 bridgehead atoms. The van der Waals surface area contributed by atoms with Crippen LogP contribution in [0.4, 0.5) is 0 Å². The molecule has 0 saturated carbocycles. The van der Waals surface area contributed by atoms with Crippen molar-refractivity contribution in [3.8, 4) is 0 Å². The van der Waals surface area contributed by atoms with E-state index in [0.29, 0.717) is 12.1 Å². The molecule has 1 aromatic heterocycles. The molecule has 0 aliphatic carbocycles. The lowest BCUT2D eigenvalue weighted by molar-refractivity contribution is 0.0936. The van der Waals surface area contributed by atoms with E-state index in [-0.39, 0.29) is 11.9 Å². The Balaban J connectivity index is 1.81. The third kappa shape index (κ3) is 3.92. The van der Waals surface area contributed by atoms with Crippen molar-refractivity contribution in [2.45, 2.75) is 19.9 Å². The van der Waals surface area contributed by atoms with Crippen molar-refractivity contribution in [3.05, 3.63) is 78.0 Å². The van der Waals surface area contributed by atoms with E-state index in [1.807, 2.05) is 48.5 Å². The summed E-state index contributed by atoms with van der Waals surface area (Å²) in [5, 5.41) is 4.01. The van der Waals surface area contributed by atoms with Crippen LogP contribution in [-0.2, 0) is 0 Å². The number of fused-ring (bicyclic) bond motifs is 1. The van der Waals surface area contributed by atoms with E-state index in [0.717, 1.165) is 24.0 Å². The van der Waals surface area contributed by atoms with Gasteiger partial charge >= 0.3 is 0 Å². The van der Waals surface area contributed by atoms with Crippen LogP contribution in [0.1, 0.15) is 35.8 Å². The molecule has 0 spiro atoms. The van der Waals surface area contributed by atoms with Gasteiger partial charge in [-0.25, -0.2) is 0 Å². The zero-order valence-electron chi connectivity index (χ0n) is 15.4. The second-order valence-electron chi connectivity index (χ2n) is 6.23. The molecule has 4 heteroatoms. The first-order valence-corrected chi connectivity index (χ1v) is 9.15. The van der Waals surface area contributed by atoms with Crippen LogP contribution in [0, 0.1) is 0 Å². The van der Waals surface area contributed by atoms with Crippen molar-refractivity contribution in [3.63, 3.8) is 0 Å². The maximum atomic E-state index is 12.8. The van der Waals surface area contributed by atoms with Crippen LogP contribution in [0.2, 0.25) is 0 Å². The van der Waals surface area contributed by atoms with Gasteiger partial charge in [0.2, 0.25) is 0 Å². The number of pyridine rings is 1. The minimum atomic E-state index is -0.0586. The number of rotatable bonds is 7. The van der Waals surface area contributed by atoms with Gasteiger partial charge in [-0.1, -0.05) is 56.3 Å². The van der Waals surface area contributed by atoms with Crippen molar-refractivity contribution < 1.29 is 4.79 Å². The molecule has 1 N–H and O–H groups in total. The van der Waals surface area contributed by atoms with Crippen LogP contribution in [0.15, 0.2) is 66.9 Å². The van der Waals surface area contributed by atoms with Crippen LogP contribution >= 0.6 is 0 Å². The highest BCUT2D eigenvalue weighted by Gasteiger charge is 2.19. The molecule has 2 aromatic carbocycles. The van der Waals surface area contributed by atoms with Crippen molar-refractivity contribution in [1.29, 1.82) is 0 Å². The molecule has 0 fully saturated rings. The summed E-state index contributed by atoms with van der Waals surface area (Å²) in [6.45, 7) is 6.74. The quantitative estimate of drug-likeness (QED) is 0.701. The van der Waals surface area contributed by atoms with Gasteiger partial charge in [0.25, 0.3) is 5.91 Å². The lowest BCUT2D eigenvalue weighted by Crippen LogP contribution is -2.38. The molecule has 0 radical (unpaired) electrons. The standard InChI is InChI=1S/C22H25N3O/c1-3-25(4-2)21(17-10-6-5-7-11-17)16-24-22(26)19-12-8-14-20-18(19)13-9-15-23-20/h5-15,21H,3-4,16H2,1-2H3,(H,24,26)/t21-/m1/s1. The van der Waals surface area contributed by atoms with Crippen molar-refractivity contribution >= 4 is 16.8 Å². The molecule has 0 aliphatic heterocycles. The molecule has 0 saturated heterocycles. The number of carbonyl (C=O) groups excluding carboxylic acids is 1. The number of nitrogens with one attached hydrogen (secondary N) is 1. The Morgan fingerprint density at radius 3 is 2.50 bits per heavy atom. The molecule has 1 heterocycles. The zero-order chi connectivity index (χ0) is 18.4. The number of amides is 1. The van der Waals surface area contributed by atoms with Gasteiger partial charge in [0, 0.05) is 23.7 Å². The summed E-state index contributed by atoms with van der Waals surface area (Å²) in [7, 11) is 0. The van der Waals surface area contributed by atoms with Crippen LogP contribution in [0.3, 0.4) is 0 Å². The van der Waals surface area contributed by atoms with E-state index >= 15 is 0 Å². The lowest BCUT2D eigenvalue weighted by Gasteiger charge is -2.30. The highest BCUT2D eigenvalue weighted by Crippen LogP contribution is 2.20. The third-order valence-corrected chi connectivity index (χ3v) is 4.78. The van der Waals surface area contributed by atoms with Gasteiger partial charge in [-0.15, -0.1) is 0 Å². The molecule has 134 valence electrons. The Bertz CT molecular complexity index is 854. The Labute approximate surface area is 154 Å². The summed E-state index contributed by atoms with van der Waals surface area (Å²) in [4.78, 5) is 19.5. The summed E-state index contributed by atoms with van der Waals surface area (Å²) in [5.74, 6) is -0.0586. The second kappa shape index (κ2) is 8.59. The van der Waals surface area contributed by atoms with E-state index in [1.165, 1.54) is 5.56 Å². The van der Waals surface area contributed by atoms with Crippen LogP contribution in [0.5, 0.6) is 0 Å². The van der Waals surface area contributed by atoms with Crippen molar-refractivity contribution in [1.82, 2.24) is 15.2 Å². The highest BCUT2D eigenvalue weighted by atomic mass is 16.1. The number of likely N-dealkylation sites (N-methyl/N-ethyl adjacent to an activating group) is 1. The molecular formula is C22H25N3O. The monoisotopic (exact) mass is 347 g/mol. The van der Waals surface area contributed by atoms with Crippen molar-refractivity contribution in [2.24, 2.45) is 0 Å². The predicted octanol–water partition coefficient (Wildman–Crippen LogP) is 4.05. The molecule has 1 atom stereocenters. The number of benzene rings is 2. The van der Waals surface area contributed by atoms with E-state index in [2.05, 4.69) is 41.2 Å². The topological polar surface area (TPSA) is 45.2 Å². The fourth-order valence-corrected chi connectivity index (χ4v) is 3.38. The first-order valence-electron chi connectivity index (χ1n) is 9.15. The Morgan fingerprint density at radius 1 is 1.00 bits per heavy atom. The molecule has 4 nitrogen and oxygen atoms in total. The maximum Gasteiger partial charge on any atom is 0.252 e. The van der Waals surface area contributed by atoms with Gasteiger partial charge in [-0.05, 0) is 36.9 Å². The largest absolute Gasteiger partial charge is 0.350 e. The van der Waals surface area contributed by atoms with Crippen LogP contribution < -0.4 is 5.32 Å². The summed E-state index contributed by atoms with van der Waals surface area (Å²) in [6.07, 6.45) is 1.75. The second-order valence-corrected chi connectivity index (χ2v) is 6.23. The summed E-state index contributed by atoms with van der Waals surface area (Å²) >= 11 is 0. The zero-order valence-corrected chi connectivity index (χ0v) is 15.4. The Kier molecular flexibility index (Phi) is 5.97. The molecule has 26 heavy (non-hydrogen) atoms. The molecule has 0 unspecified atom stereocenters. The van der Waals surface area contributed by atoms with Gasteiger partial charge in [0.05, 0.1) is 11.6 Å². The van der Waals surface area contributed by atoms with E-state index in [4.69, 9.17) is 0 Å². The average molecular weight is 347 g/mol. The Morgan fingerprint density at radius 2 is 1.77 bits per heavy atom. The number of aromatic nitrogens is 1. The maximum absolute atomic E-state index is 12.8. The summed E-state index contributed by atoms with van der Waals surface area (Å²) < 4.78 is 0. The van der Waals surface area contributed by atoms with Gasteiger partial charge in [-0.2, -0.15) is 0 Å².